The SMILES string of the molecule is COc1ccc(NC(=O)CC2C(=O)N(c3ccc(F)cc3)C(=S)N2c2ccc(F)cc2)cc1. The number of halogens is 2. The van der Waals surface area contributed by atoms with Crippen molar-refractivity contribution in [2.75, 3.05) is 22.2 Å². The highest BCUT2D eigenvalue weighted by molar-refractivity contribution is 7.81. The van der Waals surface area contributed by atoms with Crippen LogP contribution >= 0.6 is 12.2 Å². The number of carbonyl (C=O) groups excluding carboxylic acids is 2. The molecule has 1 unspecified atom stereocenters. The Labute approximate surface area is 194 Å². The van der Waals surface area contributed by atoms with E-state index in [1.807, 2.05) is 0 Å². The van der Waals surface area contributed by atoms with E-state index >= 15 is 0 Å². The minimum atomic E-state index is -0.966. The molecule has 1 aliphatic heterocycles. The molecular weight excluding hydrogens is 448 g/mol. The maximum Gasteiger partial charge on any atom is 0.257 e. The predicted molar refractivity (Wildman–Crippen MR) is 125 cm³/mol. The van der Waals surface area contributed by atoms with Crippen LogP contribution in [-0.4, -0.2) is 30.1 Å². The lowest BCUT2D eigenvalue weighted by Gasteiger charge is -2.24. The van der Waals surface area contributed by atoms with Gasteiger partial charge in [0.25, 0.3) is 5.91 Å². The van der Waals surface area contributed by atoms with Gasteiger partial charge in [-0.05, 0) is 85.0 Å². The molecule has 1 atom stereocenters. The summed E-state index contributed by atoms with van der Waals surface area (Å²) in [6.45, 7) is 0. The van der Waals surface area contributed by atoms with E-state index in [0.29, 0.717) is 22.8 Å². The Hall–Kier alpha value is -3.85. The van der Waals surface area contributed by atoms with Crippen LogP contribution < -0.4 is 19.9 Å². The standard InChI is InChI=1S/C24H19F2N3O3S/c1-32-20-12-6-17(7-13-20)27-22(30)14-21-23(31)29(19-10-4-16(26)5-11-19)24(33)28(21)18-8-2-15(25)3-9-18/h2-13,21H,14H2,1H3,(H,27,30). The van der Waals surface area contributed by atoms with Gasteiger partial charge in [0.1, 0.15) is 23.4 Å². The maximum absolute atomic E-state index is 13.5. The van der Waals surface area contributed by atoms with Crippen LogP contribution in [0.15, 0.2) is 72.8 Å². The fourth-order valence-corrected chi connectivity index (χ4v) is 3.98. The smallest absolute Gasteiger partial charge is 0.257 e. The molecule has 3 aromatic carbocycles. The van der Waals surface area contributed by atoms with E-state index in [-0.39, 0.29) is 11.5 Å². The molecule has 1 saturated heterocycles. The lowest BCUT2D eigenvalue weighted by atomic mass is 10.1. The number of methoxy groups -OCH3 is 1. The Morgan fingerprint density at radius 1 is 0.939 bits per heavy atom. The van der Waals surface area contributed by atoms with Crippen molar-refractivity contribution >= 4 is 46.2 Å². The molecule has 0 bridgehead atoms. The number of hydrogen-bond acceptors (Lipinski definition) is 4. The zero-order valence-corrected chi connectivity index (χ0v) is 18.3. The summed E-state index contributed by atoms with van der Waals surface area (Å²) in [5.74, 6) is -1.11. The molecule has 1 fully saturated rings. The Morgan fingerprint density at radius 2 is 1.48 bits per heavy atom. The summed E-state index contributed by atoms with van der Waals surface area (Å²) in [6, 6.07) is 16.6. The number of nitrogens with zero attached hydrogens (tertiary/aromatic N) is 2. The third kappa shape index (κ3) is 4.68. The number of amides is 2. The molecule has 0 aromatic heterocycles. The van der Waals surface area contributed by atoms with Gasteiger partial charge in [0.2, 0.25) is 5.91 Å². The van der Waals surface area contributed by atoms with Gasteiger partial charge in [0, 0.05) is 11.4 Å². The van der Waals surface area contributed by atoms with Crippen LogP contribution in [0, 0.1) is 11.6 Å². The maximum atomic E-state index is 13.5. The summed E-state index contributed by atoms with van der Waals surface area (Å²) in [5, 5.41) is 2.87. The fraction of sp³-hybridized carbons (Fsp3) is 0.125. The molecule has 6 nitrogen and oxygen atoms in total. The van der Waals surface area contributed by atoms with Gasteiger partial charge in [-0.3, -0.25) is 14.5 Å². The Morgan fingerprint density at radius 3 is 2.03 bits per heavy atom. The number of thiocarbonyl (C=S) groups is 1. The van der Waals surface area contributed by atoms with E-state index in [1.54, 1.807) is 31.4 Å². The zero-order chi connectivity index (χ0) is 23.5. The van der Waals surface area contributed by atoms with Gasteiger partial charge in [-0.1, -0.05) is 0 Å². The summed E-state index contributed by atoms with van der Waals surface area (Å²) >= 11 is 5.55. The van der Waals surface area contributed by atoms with E-state index in [9.17, 15) is 18.4 Å². The number of carbonyl (C=O) groups is 2. The van der Waals surface area contributed by atoms with E-state index < -0.39 is 29.5 Å². The molecule has 1 heterocycles. The van der Waals surface area contributed by atoms with E-state index in [4.69, 9.17) is 17.0 Å². The molecule has 2 amide bonds. The van der Waals surface area contributed by atoms with Gasteiger partial charge < -0.3 is 15.0 Å². The average Bonchev–Trinajstić information content (AvgIpc) is 3.05. The molecular formula is C24H19F2N3O3S. The highest BCUT2D eigenvalue weighted by Gasteiger charge is 2.45. The number of rotatable bonds is 6. The lowest BCUT2D eigenvalue weighted by molar-refractivity contribution is -0.122. The van der Waals surface area contributed by atoms with Crippen LogP contribution in [0.3, 0.4) is 0 Å². The average molecular weight is 467 g/mol. The first-order valence-corrected chi connectivity index (χ1v) is 10.4. The molecule has 9 heteroatoms. The minimum absolute atomic E-state index is 0.112. The molecule has 1 N–H and O–H groups in total. The highest BCUT2D eigenvalue weighted by atomic mass is 32.1. The second kappa shape index (κ2) is 9.33. The number of benzene rings is 3. The molecule has 4 rings (SSSR count). The van der Waals surface area contributed by atoms with Crippen molar-refractivity contribution < 1.29 is 23.1 Å². The Balaban J connectivity index is 1.62. The van der Waals surface area contributed by atoms with Gasteiger partial charge >= 0.3 is 0 Å². The van der Waals surface area contributed by atoms with Crippen molar-refractivity contribution in [1.82, 2.24) is 0 Å². The first-order valence-electron chi connectivity index (χ1n) is 9.99. The Bertz CT molecular complexity index is 1190. The van der Waals surface area contributed by atoms with Crippen molar-refractivity contribution in [3.8, 4) is 5.75 Å². The number of hydrogen-bond donors (Lipinski definition) is 1. The van der Waals surface area contributed by atoms with Crippen LogP contribution in [0.4, 0.5) is 25.8 Å². The predicted octanol–water partition coefficient (Wildman–Crippen LogP) is 4.51. The minimum Gasteiger partial charge on any atom is -0.497 e. The van der Waals surface area contributed by atoms with Crippen molar-refractivity contribution in [1.29, 1.82) is 0 Å². The van der Waals surface area contributed by atoms with Crippen LogP contribution in [0.5, 0.6) is 5.75 Å². The summed E-state index contributed by atoms with van der Waals surface area (Å²) in [5.41, 5.74) is 1.37. The van der Waals surface area contributed by atoms with Crippen molar-refractivity contribution in [2.24, 2.45) is 0 Å². The van der Waals surface area contributed by atoms with Crippen molar-refractivity contribution in [2.45, 2.75) is 12.5 Å². The van der Waals surface area contributed by atoms with Crippen LogP contribution in [0.2, 0.25) is 0 Å². The van der Waals surface area contributed by atoms with Crippen molar-refractivity contribution in [3.05, 3.63) is 84.4 Å². The van der Waals surface area contributed by atoms with Crippen LogP contribution in [0.25, 0.3) is 0 Å². The van der Waals surface area contributed by atoms with Gasteiger partial charge in [-0.15, -0.1) is 0 Å². The highest BCUT2D eigenvalue weighted by Crippen LogP contribution is 2.32. The monoisotopic (exact) mass is 467 g/mol. The lowest BCUT2D eigenvalue weighted by Crippen LogP contribution is -2.38. The number of ether oxygens (including phenoxy) is 1. The molecule has 33 heavy (non-hydrogen) atoms. The second-order valence-electron chi connectivity index (χ2n) is 7.28. The molecule has 0 radical (unpaired) electrons. The summed E-state index contributed by atoms with van der Waals surface area (Å²) < 4.78 is 32.0. The van der Waals surface area contributed by atoms with Gasteiger partial charge in [0.15, 0.2) is 5.11 Å². The second-order valence-corrected chi connectivity index (χ2v) is 7.64. The van der Waals surface area contributed by atoms with E-state index in [0.717, 1.165) is 0 Å². The third-order valence-corrected chi connectivity index (χ3v) is 5.54. The first kappa shape index (κ1) is 22.3. The molecule has 0 spiro atoms. The molecule has 0 saturated carbocycles. The van der Waals surface area contributed by atoms with Crippen molar-refractivity contribution in [3.63, 3.8) is 0 Å². The normalized spacial score (nSPS) is 15.7. The van der Waals surface area contributed by atoms with E-state index in [1.165, 1.54) is 58.3 Å². The van der Waals surface area contributed by atoms with Crippen LogP contribution in [-0.2, 0) is 9.59 Å². The number of nitrogens with one attached hydrogen (secondary N) is 1. The zero-order valence-electron chi connectivity index (χ0n) is 17.5. The number of anilines is 3. The van der Waals surface area contributed by atoms with E-state index in [2.05, 4.69) is 5.32 Å². The molecule has 168 valence electrons. The largest absolute Gasteiger partial charge is 0.497 e. The summed E-state index contributed by atoms with van der Waals surface area (Å²) in [4.78, 5) is 28.9. The van der Waals surface area contributed by atoms with Gasteiger partial charge in [0.05, 0.1) is 19.2 Å². The van der Waals surface area contributed by atoms with Crippen LogP contribution in [0.1, 0.15) is 6.42 Å². The quantitative estimate of drug-likeness (QED) is 0.541. The first-order chi connectivity index (χ1) is 15.9. The van der Waals surface area contributed by atoms with Gasteiger partial charge in [-0.2, -0.15) is 0 Å². The fourth-order valence-electron chi connectivity index (χ4n) is 3.56. The summed E-state index contributed by atoms with van der Waals surface area (Å²) in [7, 11) is 1.54. The summed E-state index contributed by atoms with van der Waals surface area (Å²) in [6.07, 6.45) is -0.208. The Kier molecular flexibility index (Phi) is 6.32. The third-order valence-electron chi connectivity index (χ3n) is 5.16. The van der Waals surface area contributed by atoms with Gasteiger partial charge in [-0.25, -0.2) is 8.78 Å². The molecule has 1 aliphatic rings. The topological polar surface area (TPSA) is 61.9 Å². The molecule has 0 aliphatic carbocycles. The molecule has 3 aromatic rings.